The molecule has 1 N–H and O–H groups in total. The van der Waals surface area contributed by atoms with Crippen LogP contribution in [0.3, 0.4) is 0 Å². The third-order valence-electron chi connectivity index (χ3n) is 3.12. The lowest BCUT2D eigenvalue weighted by Crippen LogP contribution is -2.26. The summed E-state index contributed by atoms with van der Waals surface area (Å²) < 4.78 is 0. The van der Waals surface area contributed by atoms with E-state index in [4.69, 9.17) is 0 Å². The van der Waals surface area contributed by atoms with Gasteiger partial charge in [0.25, 0.3) is 0 Å². The number of aromatic nitrogens is 2. The van der Waals surface area contributed by atoms with Gasteiger partial charge < -0.3 is 5.32 Å². The molecule has 3 heteroatoms. The van der Waals surface area contributed by atoms with Crippen LogP contribution in [0.25, 0.3) is 0 Å². The van der Waals surface area contributed by atoms with E-state index in [2.05, 4.69) is 34.4 Å². The Morgan fingerprint density at radius 1 is 1.44 bits per heavy atom. The van der Waals surface area contributed by atoms with Crippen LogP contribution in [0.2, 0.25) is 0 Å². The fourth-order valence-corrected chi connectivity index (χ4v) is 2.02. The molecule has 1 aliphatic rings. The molecule has 86 valence electrons. The first-order valence-electron chi connectivity index (χ1n) is 6.00. The van der Waals surface area contributed by atoms with Gasteiger partial charge in [-0.05, 0) is 38.6 Å². The van der Waals surface area contributed by atoms with Crippen molar-refractivity contribution in [3.8, 4) is 0 Å². The van der Waals surface area contributed by atoms with Crippen molar-refractivity contribution in [1.29, 1.82) is 0 Å². The molecule has 2 atom stereocenters. The summed E-state index contributed by atoms with van der Waals surface area (Å²) in [6.07, 6.45) is 13.6. The maximum absolute atomic E-state index is 4.30. The summed E-state index contributed by atoms with van der Waals surface area (Å²) >= 11 is 0. The Hall–Kier alpha value is -1.22. The molecule has 0 fully saturated rings. The molecule has 0 saturated carbocycles. The maximum Gasteiger partial charge on any atom is 0.0753 e. The molecule has 16 heavy (non-hydrogen) atoms. The molecule has 0 saturated heterocycles. The second-order valence-corrected chi connectivity index (χ2v) is 4.41. The zero-order valence-electron chi connectivity index (χ0n) is 9.76. The zero-order chi connectivity index (χ0) is 11.2. The second-order valence-electron chi connectivity index (χ2n) is 4.41. The van der Waals surface area contributed by atoms with Crippen molar-refractivity contribution < 1.29 is 0 Å². The van der Waals surface area contributed by atoms with Crippen LogP contribution in [0, 0.1) is 5.92 Å². The van der Waals surface area contributed by atoms with E-state index in [1.54, 1.807) is 12.4 Å². The van der Waals surface area contributed by atoms with E-state index >= 15 is 0 Å². The molecule has 0 bridgehead atoms. The third-order valence-corrected chi connectivity index (χ3v) is 3.12. The average Bonchev–Trinajstić information content (AvgIpc) is 2.38. The van der Waals surface area contributed by atoms with Gasteiger partial charge in [-0.3, -0.25) is 9.97 Å². The first-order valence-corrected chi connectivity index (χ1v) is 6.00. The summed E-state index contributed by atoms with van der Waals surface area (Å²) in [6, 6.07) is 0.291. The Morgan fingerprint density at radius 3 is 3.06 bits per heavy atom. The molecule has 0 aromatic carbocycles. The van der Waals surface area contributed by atoms with Gasteiger partial charge in [0.15, 0.2) is 0 Å². The Balaban J connectivity index is 1.79. The molecule has 1 aromatic heterocycles. The highest BCUT2D eigenvalue weighted by molar-refractivity contribution is 5.00. The number of nitrogens with one attached hydrogen (secondary N) is 1. The summed E-state index contributed by atoms with van der Waals surface area (Å²) in [5.41, 5.74) is 1.02. The zero-order valence-corrected chi connectivity index (χ0v) is 9.76. The van der Waals surface area contributed by atoms with Gasteiger partial charge in [0.1, 0.15) is 0 Å². The molecule has 0 spiro atoms. The monoisotopic (exact) mass is 217 g/mol. The van der Waals surface area contributed by atoms with Crippen LogP contribution in [0.15, 0.2) is 30.7 Å². The highest BCUT2D eigenvalue weighted by Gasteiger charge is 2.12. The summed E-state index contributed by atoms with van der Waals surface area (Å²) in [5.74, 6) is 0.782. The lowest BCUT2D eigenvalue weighted by Gasteiger charge is -2.21. The predicted molar refractivity (Wildman–Crippen MR) is 64.9 cm³/mol. The van der Waals surface area contributed by atoms with Crippen LogP contribution in [0.4, 0.5) is 0 Å². The lowest BCUT2D eigenvalue weighted by atomic mass is 9.94. The predicted octanol–water partition coefficient (Wildman–Crippen LogP) is 2.48. The number of hydrogen-bond donors (Lipinski definition) is 1. The van der Waals surface area contributed by atoms with Crippen LogP contribution in [0.5, 0.6) is 0 Å². The fourth-order valence-electron chi connectivity index (χ4n) is 2.02. The quantitative estimate of drug-likeness (QED) is 0.787. The van der Waals surface area contributed by atoms with Crippen molar-refractivity contribution in [1.82, 2.24) is 15.3 Å². The Bertz CT molecular complexity index is 334. The van der Waals surface area contributed by atoms with Crippen LogP contribution in [-0.2, 0) is 0 Å². The largest absolute Gasteiger partial charge is 0.309 e. The lowest BCUT2D eigenvalue weighted by molar-refractivity contribution is 0.412. The van der Waals surface area contributed by atoms with Crippen LogP contribution in [-0.4, -0.2) is 16.5 Å². The summed E-state index contributed by atoms with van der Waals surface area (Å²) in [7, 11) is 0. The number of hydrogen-bond acceptors (Lipinski definition) is 3. The summed E-state index contributed by atoms with van der Waals surface area (Å²) in [4.78, 5) is 8.39. The van der Waals surface area contributed by atoms with Crippen molar-refractivity contribution in [2.75, 3.05) is 6.54 Å². The van der Waals surface area contributed by atoms with E-state index in [-0.39, 0.29) is 0 Å². The van der Waals surface area contributed by atoms with Gasteiger partial charge >= 0.3 is 0 Å². The molecular formula is C13H19N3. The van der Waals surface area contributed by atoms with E-state index < -0.39 is 0 Å². The van der Waals surface area contributed by atoms with Crippen LogP contribution in [0.1, 0.15) is 37.9 Å². The van der Waals surface area contributed by atoms with Crippen molar-refractivity contribution in [2.24, 2.45) is 5.92 Å². The molecule has 1 heterocycles. The Kier molecular flexibility index (Phi) is 4.05. The molecular weight excluding hydrogens is 198 g/mol. The topological polar surface area (TPSA) is 37.8 Å². The Morgan fingerprint density at radius 2 is 2.38 bits per heavy atom. The number of allylic oxidation sites excluding steroid dienone is 2. The molecule has 1 aromatic rings. The minimum Gasteiger partial charge on any atom is -0.309 e. The van der Waals surface area contributed by atoms with Crippen molar-refractivity contribution in [3.63, 3.8) is 0 Å². The van der Waals surface area contributed by atoms with E-state index in [0.717, 1.165) is 18.2 Å². The SMILES string of the molecule is CC(NCC1CC=CCC1)c1cnccn1. The van der Waals surface area contributed by atoms with Crippen LogP contribution < -0.4 is 5.32 Å². The normalized spacial score (nSPS) is 21.9. The molecule has 0 aliphatic heterocycles. The van der Waals surface area contributed by atoms with Gasteiger partial charge in [-0.25, -0.2) is 0 Å². The molecule has 0 radical (unpaired) electrons. The first-order chi connectivity index (χ1) is 7.86. The minimum absolute atomic E-state index is 0.291. The van der Waals surface area contributed by atoms with Gasteiger partial charge in [-0.2, -0.15) is 0 Å². The van der Waals surface area contributed by atoms with Gasteiger partial charge in [0, 0.05) is 24.6 Å². The Labute approximate surface area is 97.0 Å². The first kappa shape index (κ1) is 11.3. The van der Waals surface area contributed by atoms with Crippen LogP contribution >= 0.6 is 0 Å². The molecule has 2 rings (SSSR count). The van der Waals surface area contributed by atoms with Gasteiger partial charge in [-0.15, -0.1) is 0 Å². The smallest absolute Gasteiger partial charge is 0.0753 e. The van der Waals surface area contributed by atoms with E-state index in [0.29, 0.717) is 6.04 Å². The molecule has 3 nitrogen and oxygen atoms in total. The highest BCUT2D eigenvalue weighted by Crippen LogP contribution is 2.18. The van der Waals surface area contributed by atoms with E-state index in [1.807, 2.05) is 6.20 Å². The third kappa shape index (κ3) is 3.14. The van der Waals surface area contributed by atoms with E-state index in [9.17, 15) is 0 Å². The number of nitrogens with zero attached hydrogens (tertiary/aromatic N) is 2. The summed E-state index contributed by atoms with van der Waals surface area (Å²) in [5, 5.41) is 3.53. The van der Waals surface area contributed by atoms with Gasteiger partial charge in [0.05, 0.1) is 5.69 Å². The van der Waals surface area contributed by atoms with Gasteiger partial charge in [0.2, 0.25) is 0 Å². The van der Waals surface area contributed by atoms with Crippen molar-refractivity contribution in [2.45, 2.75) is 32.2 Å². The second kappa shape index (κ2) is 5.75. The summed E-state index contributed by atoms with van der Waals surface area (Å²) in [6.45, 7) is 3.21. The standard InChI is InChI=1S/C13H19N3/c1-11(13-10-14-7-8-15-13)16-9-12-5-3-2-4-6-12/h2-3,7-8,10-12,16H,4-6,9H2,1H3. The minimum atomic E-state index is 0.291. The molecule has 0 amide bonds. The van der Waals surface area contributed by atoms with Crippen molar-refractivity contribution in [3.05, 3.63) is 36.4 Å². The molecule has 1 aliphatic carbocycles. The molecule has 2 unspecified atom stereocenters. The van der Waals surface area contributed by atoms with Crippen molar-refractivity contribution >= 4 is 0 Å². The maximum atomic E-state index is 4.30. The fraction of sp³-hybridized carbons (Fsp3) is 0.538. The van der Waals surface area contributed by atoms with Gasteiger partial charge in [-0.1, -0.05) is 12.2 Å². The number of rotatable bonds is 4. The average molecular weight is 217 g/mol. The highest BCUT2D eigenvalue weighted by atomic mass is 14.9. The van der Waals surface area contributed by atoms with E-state index in [1.165, 1.54) is 19.3 Å².